The van der Waals surface area contributed by atoms with Crippen LogP contribution in [-0.4, -0.2) is 24.4 Å². The van der Waals surface area contributed by atoms with Crippen molar-refractivity contribution < 1.29 is 9.84 Å². The molecular formula is C11H24O2. The minimum absolute atomic E-state index is 0.524. The molecule has 0 aromatic carbocycles. The van der Waals surface area contributed by atoms with Gasteiger partial charge in [-0.2, -0.15) is 0 Å². The van der Waals surface area contributed by atoms with Crippen LogP contribution in [0, 0.1) is 0 Å². The van der Waals surface area contributed by atoms with Crippen molar-refractivity contribution in [3.8, 4) is 0 Å². The van der Waals surface area contributed by atoms with E-state index in [0.717, 1.165) is 19.3 Å². The van der Waals surface area contributed by atoms with Crippen LogP contribution in [0.2, 0.25) is 0 Å². The van der Waals surface area contributed by atoms with E-state index in [9.17, 15) is 5.11 Å². The molecule has 1 atom stereocenters. The van der Waals surface area contributed by atoms with E-state index in [-0.39, 0.29) is 0 Å². The molecule has 80 valence electrons. The molecule has 0 rings (SSSR count). The number of unbranched alkanes of at least 4 members (excludes halogenated alkanes) is 3. The fourth-order valence-electron chi connectivity index (χ4n) is 1.38. The summed E-state index contributed by atoms with van der Waals surface area (Å²) in [6, 6.07) is 0. The van der Waals surface area contributed by atoms with Gasteiger partial charge in [-0.25, -0.2) is 0 Å². The Labute approximate surface area is 82.3 Å². The van der Waals surface area contributed by atoms with Crippen LogP contribution in [-0.2, 0) is 4.74 Å². The number of hydrogen-bond acceptors (Lipinski definition) is 2. The first-order chi connectivity index (χ1) is 6.12. The number of aliphatic hydroxyl groups is 1. The van der Waals surface area contributed by atoms with E-state index in [0.29, 0.717) is 6.61 Å². The van der Waals surface area contributed by atoms with Crippen molar-refractivity contribution in [2.75, 3.05) is 13.7 Å². The number of methoxy groups -OCH3 is 1. The molecule has 13 heavy (non-hydrogen) atoms. The predicted octanol–water partition coefficient (Wildman–Crippen LogP) is 2.74. The molecule has 0 saturated carbocycles. The predicted molar refractivity (Wildman–Crippen MR) is 55.9 cm³/mol. The van der Waals surface area contributed by atoms with Gasteiger partial charge in [0, 0.05) is 13.7 Å². The molecule has 0 aliphatic rings. The molecule has 1 unspecified atom stereocenters. The first kappa shape index (κ1) is 12.9. The van der Waals surface area contributed by atoms with E-state index in [1.807, 2.05) is 6.92 Å². The van der Waals surface area contributed by atoms with E-state index in [1.54, 1.807) is 7.11 Å². The molecule has 0 bridgehead atoms. The van der Waals surface area contributed by atoms with Gasteiger partial charge in [0.1, 0.15) is 0 Å². The fraction of sp³-hybridized carbons (Fsp3) is 1.00. The van der Waals surface area contributed by atoms with Gasteiger partial charge in [-0.1, -0.05) is 32.6 Å². The number of rotatable bonds is 8. The highest BCUT2D eigenvalue weighted by Crippen LogP contribution is 2.18. The van der Waals surface area contributed by atoms with E-state index in [4.69, 9.17) is 4.74 Å². The molecule has 0 aliphatic carbocycles. The molecule has 0 aromatic rings. The Morgan fingerprint density at radius 1 is 1.15 bits per heavy atom. The molecule has 0 aliphatic heterocycles. The number of hydrogen-bond donors (Lipinski definition) is 1. The van der Waals surface area contributed by atoms with Crippen molar-refractivity contribution in [2.24, 2.45) is 0 Å². The summed E-state index contributed by atoms with van der Waals surface area (Å²) >= 11 is 0. The van der Waals surface area contributed by atoms with Crippen molar-refractivity contribution in [1.29, 1.82) is 0 Å². The summed E-state index contributed by atoms with van der Waals surface area (Å²) in [6.07, 6.45) is 6.54. The van der Waals surface area contributed by atoms with Crippen molar-refractivity contribution in [1.82, 2.24) is 0 Å². The largest absolute Gasteiger partial charge is 0.390 e. The Bertz CT molecular complexity index is 111. The molecule has 2 heteroatoms. The van der Waals surface area contributed by atoms with Gasteiger partial charge in [-0.05, 0) is 19.8 Å². The first-order valence-corrected chi connectivity index (χ1v) is 5.33. The lowest BCUT2D eigenvalue weighted by atomic mass is 9.95. The Kier molecular flexibility index (Phi) is 7.29. The smallest absolute Gasteiger partial charge is 0.0641 e. The Balaban J connectivity index is 3.39. The second-order valence-electron chi connectivity index (χ2n) is 4.05. The fourth-order valence-corrected chi connectivity index (χ4v) is 1.38. The first-order valence-electron chi connectivity index (χ1n) is 5.33. The summed E-state index contributed by atoms with van der Waals surface area (Å²) in [5, 5.41) is 9.86. The average molecular weight is 188 g/mol. The lowest BCUT2D eigenvalue weighted by Crippen LogP contribution is -2.25. The van der Waals surface area contributed by atoms with Gasteiger partial charge in [0.05, 0.1) is 5.60 Å². The molecule has 0 spiro atoms. The third kappa shape index (κ3) is 8.26. The summed E-state index contributed by atoms with van der Waals surface area (Å²) in [5.41, 5.74) is -0.524. The Hall–Kier alpha value is -0.0800. The van der Waals surface area contributed by atoms with Gasteiger partial charge in [-0.15, -0.1) is 0 Å². The van der Waals surface area contributed by atoms with Gasteiger partial charge in [0.2, 0.25) is 0 Å². The van der Waals surface area contributed by atoms with E-state index < -0.39 is 5.60 Å². The maximum atomic E-state index is 9.86. The second kappa shape index (κ2) is 7.34. The van der Waals surface area contributed by atoms with Gasteiger partial charge >= 0.3 is 0 Å². The molecule has 0 heterocycles. The van der Waals surface area contributed by atoms with Gasteiger partial charge in [0.15, 0.2) is 0 Å². The SMILES string of the molecule is CCCCCCC(C)(O)CCOC. The summed E-state index contributed by atoms with van der Waals surface area (Å²) in [6.45, 7) is 4.75. The van der Waals surface area contributed by atoms with Crippen LogP contribution >= 0.6 is 0 Å². The maximum absolute atomic E-state index is 9.86. The van der Waals surface area contributed by atoms with Crippen molar-refractivity contribution in [3.63, 3.8) is 0 Å². The van der Waals surface area contributed by atoms with Gasteiger partial charge < -0.3 is 9.84 Å². The minimum Gasteiger partial charge on any atom is -0.390 e. The van der Waals surface area contributed by atoms with Crippen LogP contribution in [0.4, 0.5) is 0 Å². The maximum Gasteiger partial charge on any atom is 0.0641 e. The molecule has 0 amide bonds. The molecule has 0 fully saturated rings. The average Bonchev–Trinajstić information content (AvgIpc) is 2.09. The zero-order valence-corrected chi connectivity index (χ0v) is 9.31. The molecule has 0 saturated heterocycles. The summed E-state index contributed by atoms with van der Waals surface area (Å²) in [5.74, 6) is 0. The lowest BCUT2D eigenvalue weighted by molar-refractivity contribution is 0.0153. The van der Waals surface area contributed by atoms with Crippen molar-refractivity contribution in [2.45, 2.75) is 58.0 Å². The third-order valence-electron chi connectivity index (χ3n) is 2.41. The Morgan fingerprint density at radius 2 is 1.85 bits per heavy atom. The second-order valence-corrected chi connectivity index (χ2v) is 4.05. The molecule has 0 aromatic heterocycles. The van der Waals surface area contributed by atoms with E-state index >= 15 is 0 Å². The Morgan fingerprint density at radius 3 is 2.38 bits per heavy atom. The monoisotopic (exact) mass is 188 g/mol. The number of ether oxygens (including phenoxy) is 1. The minimum atomic E-state index is -0.524. The quantitative estimate of drug-likeness (QED) is 0.593. The van der Waals surface area contributed by atoms with E-state index in [2.05, 4.69) is 6.92 Å². The van der Waals surface area contributed by atoms with Crippen molar-refractivity contribution in [3.05, 3.63) is 0 Å². The summed E-state index contributed by atoms with van der Waals surface area (Å²) < 4.78 is 4.95. The van der Waals surface area contributed by atoms with Crippen LogP contribution in [0.25, 0.3) is 0 Å². The topological polar surface area (TPSA) is 29.5 Å². The molecule has 0 radical (unpaired) electrons. The lowest BCUT2D eigenvalue weighted by Gasteiger charge is -2.22. The highest BCUT2D eigenvalue weighted by atomic mass is 16.5. The molecule has 2 nitrogen and oxygen atoms in total. The van der Waals surface area contributed by atoms with Gasteiger partial charge in [-0.3, -0.25) is 0 Å². The van der Waals surface area contributed by atoms with Crippen LogP contribution in [0.15, 0.2) is 0 Å². The third-order valence-corrected chi connectivity index (χ3v) is 2.41. The summed E-state index contributed by atoms with van der Waals surface area (Å²) in [7, 11) is 1.67. The highest BCUT2D eigenvalue weighted by molar-refractivity contribution is 4.71. The standard InChI is InChI=1S/C11H24O2/c1-4-5-6-7-8-11(2,12)9-10-13-3/h12H,4-10H2,1-3H3. The van der Waals surface area contributed by atoms with Crippen LogP contribution in [0.1, 0.15) is 52.4 Å². The van der Waals surface area contributed by atoms with Crippen molar-refractivity contribution >= 4 is 0 Å². The molecule has 1 N–H and O–H groups in total. The molecular weight excluding hydrogens is 164 g/mol. The zero-order valence-electron chi connectivity index (χ0n) is 9.31. The van der Waals surface area contributed by atoms with Crippen LogP contribution in [0.3, 0.4) is 0 Å². The van der Waals surface area contributed by atoms with Crippen LogP contribution < -0.4 is 0 Å². The van der Waals surface area contributed by atoms with Gasteiger partial charge in [0.25, 0.3) is 0 Å². The highest BCUT2D eigenvalue weighted by Gasteiger charge is 2.18. The van der Waals surface area contributed by atoms with E-state index in [1.165, 1.54) is 19.3 Å². The summed E-state index contributed by atoms with van der Waals surface area (Å²) in [4.78, 5) is 0. The van der Waals surface area contributed by atoms with Crippen LogP contribution in [0.5, 0.6) is 0 Å². The zero-order chi connectivity index (χ0) is 10.2. The normalized spacial score (nSPS) is 15.7.